The molecule has 0 aliphatic heterocycles. The van der Waals surface area contributed by atoms with Crippen molar-refractivity contribution in [3.05, 3.63) is 23.5 Å². The van der Waals surface area contributed by atoms with E-state index in [2.05, 4.69) is 0 Å². The Hall–Kier alpha value is -1.58. The van der Waals surface area contributed by atoms with Gasteiger partial charge in [0.15, 0.2) is 17.3 Å². The Bertz CT molecular complexity index is 350. The van der Waals surface area contributed by atoms with Crippen molar-refractivity contribution >= 4 is 6.29 Å². The molecule has 0 amide bonds. The molecule has 0 heterocycles. The third kappa shape index (κ3) is 2.68. The lowest BCUT2D eigenvalue weighted by atomic mass is 10.2. The van der Waals surface area contributed by atoms with E-state index in [0.29, 0.717) is 19.5 Å². The summed E-state index contributed by atoms with van der Waals surface area (Å²) in [5, 5.41) is 0. The molecule has 0 radical (unpaired) electrons. The third-order valence-electron chi connectivity index (χ3n) is 1.76. The Kier molecular flexibility index (Phi) is 4.09. The monoisotopic (exact) mass is 212 g/mol. The van der Waals surface area contributed by atoms with Gasteiger partial charge >= 0.3 is 0 Å². The van der Waals surface area contributed by atoms with E-state index in [9.17, 15) is 9.18 Å². The molecule has 3 nitrogen and oxygen atoms in total. The van der Waals surface area contributed by atoms with Gasteiger partial charge in [0.2, 0.25) is 0 Å². The molecule has 0 bridgehead atoms. The highest BCUT2D eigenvalue weighted by Gasteiger charge is 2.12. The Balaban J connectivity index is 3.15. The summed E-state index contributed by atoms with van der Waals surface area (Å²) in [7, 11) is 0. The van der Waals surface area contributed by atoms with Crippen molar-refractivity contribution in [1.82, 2.24) is 0 Å². The topological polar surface area (TPSA) is 35.5 Å². The highest BCUT2D eigenvalue weighted by atomic mass is 19.1. The summed E-state index contributed by atoms with van der Waals surface area (Å²) < 4.78 is 23.7. The summed E-state index contributed by atoms with van der Waals surface area (Å²) in [6.45, 7) is 4.27. The maximum Gasteiger partial charge on any atom is 0.197 e. The van der Waals surface area contributed by atoms with Crippen LogP contribution in [0, 0.1) is 5.82 Å². The van der Waals surface area contributed by atoms with E-state index >= 15 is 0 Å². The normalized spacial score (nSPS) is 9.80. The molecule has 1 aromatic rings. The molecule has 0 spiro atoms. The molecule has 0 fully saturated rings. The molecule has 4 heteroatoms. The number of benzene rings is 1. The molecule has 0 saturated carbocycles. The molecule has 15 heavy (non-hydrogen) atoms. The van der Waals surface area contributed by atoms with Gasteiger partial charge in [-0.1, -0.05) is 0 Å². The smallest absolute Gasteiger partial charge is 0.197 e. The summed E-state index contributed by atoms with van der Waals surface area (Å²) in [6.07, 6.45) is 0.571. The van der Waals surface area contributed by atoms with Crippen LogP contribution >= 0.6 is 0 Å². The molecular formula is C11H13FO3. The van der Waals surface area contributed by atoms with Crippen LogP contribution in [0.1, 0.15) is 24.2 Å². The Morgan fingerprint density at radius 2 is 1.93 bits per heavy atom. The fourth-order valence-corrected chi connectivity index (χ4v) is 1.20. The fraction of sp³-hybridized carbons (Fsp3) is 0.364. The Labute approximate surface area is 87.8 Å². The number of carbonyl (C=O) groups is 1. The number of hydrogen-bond donors (Lipinski definition) is 0. The number of aldehydes is 1. The fourth-order valence-electron chi connectivity index (χ4n) is 1.20. The van der Waals surface area contributed by atoms with Gasteiger partial charge in [-0.05, 0) is 26.0 Å². The van der Waals surface area contributed by atoms with Crippen LogP contribution in [0.3, 0.4) is 0 Å². The average Bonchev–Trinajstić information content (AvgIpc) is 2.23. The zero-order chi connectivity index (χ0) is 11.3. The predicted octanol–water partition coefficient (Wildman–Crippen LogP) is 2.44. The number of carbonyl (C=O) groups excluding carboxylic acids is 1. The minimum atomic E-state index is -0.579. The molecule has 0 unspecified atom stereocenters. The van der Waals surface area contributed by atoms with E-state index in [-0.39, 0.29) is 17.1 Å². The SMILES string of the molecule is CCOc1cc(C=O)cc(F)c1OCC. The van der Waals surface area contributed by atoms with Crippen molar-refractivity contribution in [2.45, 2.75) is 13.8 Å². The largest absolute Gasteiger partial charge is 0.490 e. The third-order valence-corrected chi connectivity index (χ3v) is 1.76. The van der Waals surface area contributed by atoms with Crippen molar-refractivity contribution < 1.29 is 18.7 Å². The summed E-state index contributed by atoms with van der Waals surface area (Å²) in [6, 6.07) is 2.59. The second-order valence-electron chi connectivity index (χ2n) is 2.81. The van der Waals surface area contributed by atoms with Crippen molar-refractivity contribution in [2.75, 3.05) is 13.2 Å². The molecule has 0 aromatic heterocycles. The maximum atomic E-state index is 13.4. The lowest BCUT2D eigenvalue weighted by molar-refractivity contribution is 0.112. The van der Waals surface area contributed by atoms with E-state index in [1.165, 1.54) is 6.07 Å². The first-order valence-corrected chi connectivity index (χ1v) is 4.77. The van der Waals surface area contributed by atoms with Crippen molar-refractivity contribution in [2.24, 2.45) is 0 Å². The number of halogens is 1. The zero-order valence-electron chi connectivity index (χ0n) is 8.75. The first-order chi connectivity index (χ1) is 7.22. The van der Waals surface area contributed by atoms with Crippen LogP contribution in [0.5, 0.6) is 11.5 Å². The molecular weight excluding hydrogens is 199 g/mol. The van der Waals surface area contributed by atoms with Crippen LogP contribution in [0.15, 0.2) is 12.1 Å². The van der Waals surface area contributed by atoms with E-state index in [4.69, 9.17) is 9.47 Å². The molecule has 0 N–H and O–H groups in total. The lowest BCUT2D eigenvalue weighted by Gasteiger charge is -2.11. The molecule has 1 aromatic carbocycles. The second kappa shape index (κ2) is 5.34. The van der Waals surface area contributed by atoms with Gasteiger partial charge < -0.3 is 9.47 Å². The minimum absolute atomic E-state index is 0.0601. The van der Waals surface area contributed by atoms with Gasteiger partial charge in [0.05, 0.1) is 13.2 Å². The Morgan fingerprint density at radius 3 is 2.47 bits per heavy atom. The van der Waals surface area contributed by atoms with Crippen LogP contribution in [-0.2, 0) is 0 Å². The van der Waals surface area contributed by atoms with E-state index in [1.807, 2.05) is 0 Å². The van der Waals surface area contributed by atoms with Gasteiger partial charge in [0, 0.05) is 5.56 Å². The standard InChI is InChI=1S/C11H13FO3/c1-3-14-10-6-8(7-13)5-9(12)11(10)15-4-2/h5-7H,3-4H2,1-2H3. The highest BCUT2D eigenvalue weighted by Crippen LogP contribution is 2.31. The van der Waals surface area contributed by atoms with Crippen molar-refractivity contribution in [1.29, 1.82) is 0 Å². The summed E-state index contributed by atoms with van der Waals surface area (Å²) in [4.78, 5) is 10.5. The van der Waals surface area contributed by atoms with E-state index in [0.717, 1.165) is 6.07 Å². The molecule has 0 atom stereocenters. The van der Waals surface area contributed by atoms with Crippen LogP contribution in [-0.4, -0.2) is 19.5 Å². The van der Waals surface area contributed by atoms with Gasteiger partial charge in [-0.2, -0.15) is 0 Å². The quantitative estimate of drug-likeness (QED) is 0.703. The molecule has 0 aliphatic rings. The number of hydrogen-bond acceptors (Lipinski definition) is 3. The highest BCUT2D eigenvalue weighted by molar-refractivity contribution is 5.76. The van der Waals surface area contributed by atoms with Gasteiger partial charge in [0.25, 0.3) is 0 Å². The van der Waals surface area contributed by atoms with Crippen LogP contribution in [0.2, 0.25) is 0 Å². The first kappa shape index (κ1) is 11.5. The van der Waals surface area contributed by atoms with E-state index in [1.54, 1.807) is 13.8 Å². The van der Waals surface area contributed by atoms with Gasteiger partial charge in [0.1, 0.15) is 6.29 Å². The number of rotatable bonds is 5. The van der Waals surface area contributed by atoms with Gasteiger partial charge in [-0.25, -0.2) is 4.39 Å². The molecule has 0 aliphatic carbocycles. The summed E-state index contributed by atoms with van der Waals surface area (Å²) >= 11 is 0. The van der Waals surface area contributed by atoms with Crippen LogP contribution < -0.4 is 9.47 Å². The average molecular weight is 212 g/mol. The van der Waals surface area contributed by atoms with Gasteiger partial charge in [-0.3, -0.25) is 4.79 Å². The maximum absolute atomic E-state index is 13.4. The van der Waals surface area contributed by atoms with Crippen LogP contribution in [0.4, 0.5) is 4.39 Å². The van der Waals surface area contributed by atoms with Crippen molar-refractivity contribution in [3.8, 4) is 11.5 Å². The second-order valence-corrected chi connectivity index (χ2v) is 2.81. The van der Waals surface area contributed by atoms with Crippen molar-refractivity contribution in [3.63, 3.8) is 0 Å². The van der Waals surface area contributed by atoms with Gasteiger partial charge in [-0.15, -0.1) is 0 Å². The molecule has 82 valence electrons. The predicted molar refractivity (Wildman–Crippen MR) is 54.1 cm³/mol. The summed E-state index contributed by atoms with van der Waals surface area (Å²) in [5.41, 5.74) is 0.236. The Morgan fingerprint density at radius 1 is 1.27 bits per heavy atom. The number of ether oxygens (including phenoxy) is 2. The first-order valence-electron chi connectivity index (χ1n) is 4.77. The summed E-state index contributed by atoms with van der Waals surface area (Å²) in [5.74, 6) is -0.253. The minimum Gasteiger partial charge on any atom is -0.490 e. The zero-order valence-corrected chi connectivity index (χ0v) is 8.75. The lowest BCUT2D eigenvalue weighted by Crippen LogP contribution is -2.01. The van der Waals surface area contributed by atoms with Crippen LogP contribution in [0.25, 0.3) is 0 Å². The molecule has 0 saturated heterocycles. The molecule has 1 rings (SSSR count). The van der Waals surface area contributed by atoms with E-state index < -0.39 is 5.82 Å².